The summed E-state index contributed by atoms with van der Waals surface area (Å²) in [5.74, 6) is 0.346. The number of pyridine rings is 1. The van der Waals surface area contributed by atoms with Crippen LogP contribution in [0.3, 0.4) is 0 Å². The average molecular weight is 237 g/mol. The minimum atomic E-state index is -2.78. The smallest absolute Gasteiger partial charge is 0.299 e. The highest BCUT2D eigenvalue weighted by Gasteiger charge is 1.88. The maximum atomic E-state index is 9.98. The molecule has 0 bridgehead atoms. The Kier molecular flexibility index (Phi) is 5.65. The first kappa shape index (κ1) is 12.2. The highest BCUT2D eigenvalue weighted by Crippen LogP contribution is 2.07. The first-order valence-corrected chi connectivity index (χ1v) is 5.61. The second kappa shape index (κ2) is 7.42. The van der Waals surface area contributed by atoms with Crippen molar-refractivity contribution in [3.05, 3.63) is 60.9 Å². The maximum absolute atomic E-state index is 9.98. The number of benzene rings is 1. The van der Waals surface area contributed by atoms with Gasteiger partial charge in [0.2, 0.25) is 0 Å². The number of thiol groups is 1. The first-order valence-electron chi connectivity index (χ1n) is 4.51. The van der Waals surface area contributed by atoms with Crippen LogP contribution in [0.4, 0.5) is 0 Å². The van der Waals surface area contributed by atoms with Crippen molar-refractivity contribution in [2.75, 3.05) is 0 Å². The van der Waals surface area contributed by atoms with E-state index in [0.29, 0.717) is 5.75 Å². The van der Waals surface area contributed by atoms with Gasteiger partial charge in [0.05, 0.1) is 0 Å². The van der Waals surface area contributed by atoms with E-state index in [1.807, 2.05) is 18.2 Å². The first-order chi connectivity index (χ1) is 7.79. The van der Waals surface area contributed by atoms with E-state index in [0.717, 1.165) is 0 Å². The van der Waals surface area contributed by atoms with Gasteiger partial charge >= 0.3 is 0 Å². The number of nitrogens with zero attached hydrogens (tertiary/aromatic N) is 1. The third kappa shape index (κ3) is 5.77. The summed E-state index contributed by atoms with van der Waals surface area (Å²) in [7, 11) is -2.78. The van der Waals surface area contributed by atoms with Gasteiger partial charge in [0.25, 0.3) is 11.0 Å². The molecule has 0 N–H and O–H groups in total. The lowest BCUT2D eigenvalue weighted by Crippen LogP contribution is -1.88. The Labute approximate surface area is 95.7 Å². The van der Waals surface area contributed by atoms with Crippen LogP contribution in [0.2, 0.25) is 0 Å². The Morgan fingerprint density at radius 2 is 1.44 bits per heavy atom. The highest BCUT2D eigenvalue weighted by atomic mass is 32.2. The molecule has 5 heteroatoms. The average Bonchev–Trinajstić information content (AvgIpc) is 2.32. The van der Waals surface area contributed by atoms with Crippen molar-refractivity contribution < 1.29 is 12.6 Å². The molecule has 1 heterocycles. The summed E-state index contributed by atoms with van der Waals surface area (Å²) < 4.78 is 24.3. The van der Waals surface area contributed by atoms with Crippen LogP contribution in [0.5, 0.6) is 5.75 Å². The molecular formula is C11H11NO3S. The topological polar surface area (TPSA) is 56.3 Å². The van der Waals surface area contributed by atoms with Crippen molar-refractivity contribution >= 4 is 11.0 Å². The lowest BCUT2D eigenvalue weighted by atomic mass is 10.3. The molecule has 1 aromatic carbocycles. The van der Waals surface area contributed by atoms with E-state index in [1.165, 1.54) is 0 Å². The van der Waals surface area contributed by atoms with Crippen molar-refractivity contribution in [3.8, 4) is 5.75 Å². The molecule has 0 fully saturated rings. The summed E-state index contributed by atoms with van der Waals surface area (Å²) >= 11 is 0. The van der Waals surface area contributed by atoms with E-state index in [9.17, 15) is 8.42 Å². The minimum Gasteiger partial charge on any atom is -0.384 e. The van der Waals surface area contributed by atoms with Gasteiger partial charge in [0.1, 0.15) is 5.75 Å². The van der Waals surface area contributed by atoms with Crippen molar-refractivity contribution in [2.45, 2.75) is 0 Å². The Balaban J connectivity index is 0.000000181. The van der Waals surface area contributed by atoms with Gasteiger partial charge in [-0.25, -0.2) is 0 Å². The summed E-state index contributed by atoms with van der Waals surface area (Å²) in [5.41, 5.74) is 0. The molecule has 0 atom stereocenters. The molecule has 0 aliphatic carbocycles. The van der Waals surface area contributed by atoms with E-state index in [4.69, 9.17) is 0 Å². The van der Waals surface area contributed by atoms with Gasteiger partial charge in [-0.2, -0.15) is 8.42 Å². The summed E-state index contributed by atoms with van der Waals surface area (Å²) in [6.45, 7) is 0. The largest absolute Gasteiger partial charge is 0.384 e. The zero-order valence-electron chi connectivity index (χ0n) is 8.39. The van der Waals surface area contributed by atoms with Gasteiger partial charge in [0.15, 0.2) is 0 Å². The Bertz CT molecular complexity index is 422. The number of aromatic nitrogens is 1. The van der Waals surface area contributed by atoms with Gasteiger partial charge in [-0.1, -0.05) is 24.3 Å². The van der Waals surface area contributed by atoms with E-state index in [-0.39, 0.29) is 0 Å². The Morgan fingerprint density at radius 3 is 1.81 bits per heavy atom. The number of hydrogen-bond acceptors (Lipinski definition) is 4. The number of hydrogen-bond donors (Lipinski definition) is 1. The molecule has 0 saturated carbocycles. The van der Waals surface area contributed by atoms with Gasteiger partial charge < -0.3 is 4.18 Å². The summed E-state index contributed by atoms with van der Waals surface area (Å²) in [4.78, 5) is 3.78. The zero-order valence-corrected chi connectivity index (χ0v) is 9.29. The van der Waals surface area contributed by atoms with E-state index < -0.39 is 11.0 Å². The quantitative estimate of drug-likeness (QED) is 0.807. The fraction of sp³-hybridized carbons (Fsp3) is 0. The molecule has 4 nitrogen and oxygen atoms in total. The zero-order chi connectivity index (χ0) is 11.6. The van der Waals surface area contributed by atoms with E-state index in [1.54, 1.807) is 42.7 Å². The van der Waals surface area contributed by atoms with Crippen molar-refractivity contribution in [1.29, 1.82) is 0 Å². The van der Waals surface area contributed by atoms with Crippen molar-refractivity contribution in [2.24, 2.45) is 0 Å². The summed E-state index contributed by atoms with van der Waals surface area (Å²) in [6, 6.07) is 14.1. The molecule has 0 spiro atoms. The lowest BCUT2D eigenvalue weighted by molar-refractivity contribution is 0.510. The minimum absolute atomic E-state index is 0.346. The molecule has 2 rings (SSSR count). The Morgan fingerprint density at radius 1 is 0.875 bits per heavy atom. The monoisotopic (exact) mass is 237 g/mol. The molecule has 16 heavy (non-hydrogen) atoms. The summed E-state index contributed by atoms with van der Waals surface area (Å²) in [5, 5.41) is 0. The predicted octanol–water partition coefficient (Wildman–Crippen LogP) is 1.67. The van der Waals surface area contributed by atoms with Crippen LogP contribution in [-0.4, -0.2) is 13.4 Å². The fourth-order valence-corrected chi connectivity index (χ4v) is 1.17. The van der Waals surface area contributed by atoms with Crippen LogP contribution >= 0.6 is 0 Å². The van der Waals surface area contributed by atoms with Crippen LogP contribution in [0.1, 0.15) is 0 Å². The van der Waals surface area contributed by atoms with Crippen molar-refractivity contribution in [1.82, 2.24) is 4.98 Å². The lowest BCUT2D eigenvalue weighted by Gasteiger charge is -1.93. The molecule has 0 aliphatic heterocycles. The number of rotatable bonds is 2. The molecule has 0 unspecified atom stereocenters. The molecule has 2 aromatic rings. The van der Waals surface area contributed by atoms with Gasteiger partial charge in [0, 0.05) is 12.4 Å². The van der Waals surface area contributed by atoms with Crippen LogP contribution in [0.25, 0.3) is 0 Å². The third-order valence-corrected chi connectivity index (χ3v) is 1.85. The molecule has 0 aliphatic rings. The Hall–Kier alpha value is -1.88. The molecule has 0 saturated heterocycles. The van der Waals surface area contributed by atoms with Crippen molar-refractivity contribution in [3.63, 3.8) is 0 Å². The van der Waals surface area contributed by atoms with Crippen LogP contribution < -0.4 is 4.18 Å². The SMILES string of the molecule is O=[SH](=O)Oc1ccccc1.c1ccncc1. The summed E-state index contributed by atoms with van der Waals surface area (Å²) in [6.07, 6.45) is 3.50. The molecule has 1 aromatic heterocycles. The molecule has 0 amide bonds. The number of para-hydroxylation sites is 1. The van der Waals surface area contributed by atoms with Gasteiger partial charge in [-0.3, -0.25) is 4.98 Å². The molecule has 0 radical (unpaired) electrons. The standard InChI is InChI=1S/C6H6O3S.C5H5N/c7-10(8)9-6-4-2-1-3-5-6;1-2-4-6-5-3-1/h1-5,10H;1-5H. The highest BCUT2D eigenvalue weighted by molar-refractivity contribution is 7.67. The molecular weight excluding hydrogens is 226 g/mol. The fourth-order valence-electron chi connectivity index (χ4n) is 0.880. The van der Waals surface area contributed by atoms with Gasteiger partial charge in [-0.05, 0) is 24.3 Å². The van der Waals surface area contributed by atoms with Gasteiger partial charge in [-0.15, -0.1) is 0 Å². The normalized spacial score (nSPS) is 9.06. The third-order valence-electron chi connectivity index (χ3n) is 1.49. The molecule has 84 valence electrons. The van der Waals surface area contributed by atoms with E-state index >= 15 is 0 Å². The second-order valence-corrected chi connectivity index (χ2v) is 3.28. The van der Waals surface area contributed by atoms with Crippen LogP contribution in [0, 0.1) is 0 Å². The predicted molar refractivity (Wildman–Crippen MR) is 61.6 cm³/mol. The second-order valence-electron chi connectivity index (χ2n) is 2.65. The van der Waals surface area contributed by atoms with E-state index in [2.05, 4.69) is 9.17 Å². The van der Waals surface area contributed by atoms with Crippen LogP contribution in [-0.2, 0) is 11.0 Å². The van der Waals surface area contributed by atoms with Crippen LogP contribution in [0.15, 0.2) is 60.9 Å². The maximum Gasteiger partial charge on any atom is 0.299 e.